The number of nitrogens with one attached hydrogen (secondary N) is 1. The van der Waals surface area contributed by atoms with E-state index in [2.05, 4.69) is 25.3 Å². The van der Waals surface area contributed by atoms with Gasteiger partial charge in [-0.05, 0) is 31.7 Å². The van der Waals surface area contributed by atoms with Gasteiger partial charge in [-0.3, -0.25) is 0 Å². The van der Waals surface area contributed by atoms with Crippen LogP contribution in [-0.2, 0) is 19.3 Å². The molecule has 1 aliphatic carbocycles. The molecule has 116 valence electrons. The first kappa shape index (κ1) is 14.6. The maximum Gasteiger partial charge on any atom is 0.255 e. The number of aromatic nitrogens is 4. The zero-order valence-corrected chi connectivity index (χ0v) is 12.7. The summed E-state index contributed by atoms with van der Waals surface area (Å²) in [6.45, 7) is 2.61. The van der Waals surface area contributed by atoms with Crippen LogP contribution in [0.15, 0.2) is 6.20 Å². The summed E-state index contributed by atoms with van der Waals surface area (Å²) >= 11 is 0. The lowest BCUT2D eigenvalue weighted by atomic mass is 10.2. The fraction of sp³-hybridized carbons (Fsp3) is 0.467. The van der Waals surface area contributed by atoms with Gasteiger partial charge in [0.15, 0.2) is 0 Å². The summed E-state index contributed by atoms with van der Waals surface area (Å²) in [7, 11) is 1.37. The topological polar surface area (TPSA) is 72.8 Å². The molecule has 0 saturated heterocycles. The van der Waals surface area contributed by atoms with Crippen LogP contribution >= 0.6 is 0 Å². The number of anilines is 1. The van der Waals surface area contributed by atoms with Gasteiger partial charge in [0.05, 0.1) is 13.3 Å². The van der Waals surface area contributed by atoms with Crippen LogP contribution in [-0.4, -0.2) is 33.6 Å². The third-order valence-electron chi connectivity index (χ3n) is 3.72. The van der Waals surface area contributed by atoms with E-state index in [1.54, 1.807) is 0 Å². The Kier molecular flexibility index (Phi) is 4.13. The highest BCUT2D eigenvalue weighted by Gasteiger charge is 2.16. The molecule has 0 aromatic carbocycles. The molecule has 0 fully saturated rings. The molecule has 0 bridgehead atoms. The van der Waals surface area contributed by atoms with E-state index in [0.29, 0.717) is 18.9 Å². The molecular formula is C15H18FN5O. The molecule has 1 N–H and O–H groups in total. The highest BCUT2D eigenvalue weighted by atomic mass is 19.1. The molecule has 0 amide bonds. The predicted molar refractivity (Wildman–Crippen MR) is 79.5 cm³/mol. The minimum atomic E-state index is -0.578. The average molecular weight is 303 g/mol. The zero-order chi connectivity index (χ0) is 15.5. The van der Waals surface area contributed by atoms with Crippen LogP contribution in [0, 0.1) is 12.7 Å². The molecule has 0 unspecified atom stereocenters. The molecule has 6 nitrogen and oxygen atoms in total. The molecule has 0 saturated carbocycles. The van der Waals surface area contributed by atoms with E-state index in [4.69, 9.17) is 4.74 Å². The van der Waals surface area contributed by atoms with Crippen LogP contribution in [0.4, 0.5) is 10.3 Å². The van der Waals surface area contributed by atoms with Gasteiger partial charge < -0.3 is 10.1 Å². The van der Waals surface area contributed by atoms with Crippen molar-refractivity contribution in [1.29, 1.82) is 0 Å². The Bertz CT molecular complexity index is 692. The first-order valence-electron chi connectivity index (χ1n) is 7.33. The molecule has 2 aromatic rings. The Hall–Kier alpha value is -2.31. The number of methoxy groups -OCH3 is 1. The standard InChI is InChI=1S/C15H18FN5O/c1-9-10-4-3-5-12(10)20-13(19-9)6-7-17-15-18-8-11(16)14(21-15)22-2/h8H,3-7H2,1-2H3,(H,17,18,21). The lowest BCUT2D eigenvalue weighted by Crippen LogP contribution is -2.12. The van der Waals surface area contributed by atoms with E-state index in [1.807, 2.05) is 6.92 Å². The summed E-state index contributed by atoms with van der Waals surface area (Å²) in [6, 6.07) is 0. The Morgan fingerprint density at radius 3 is 2.95 bits per heavy atom. The number of ether oxygens (including phenoxy) is 1. The zero-order valence-electron chi connectivity index (χ0n) is 12.7. The smallest absolute Gasteiger partial charge is 0.255 e. The van der Waals surface area contributed by atoms with Crippen LogP contribution in [0.2, 0.25) is 0 Å². The van der Waals surface area contributed by atoms with Gasteiger partial charge in [-0.1, -0.05) is 0 Å². The second-order valence-corrected chi connectivity index (χ2v) is 5.23. The van der Waals surface area contributed by atoms with Gasteiger partial charge in [0.25, 0.3) is 5.88 Å². The van der Waals surface area contributed by atoms with E-state index in [1.165, 1.54) is 18.4 Å². The molecule has 2 aromatic heterocycles. The highest BCUT2D eigenvalue weighted by molar-refractivity contribution is 5.30. The van der Waals surface area contributed by atoms with Gasteiger partial charge in [-0.2, -0.15) is 9.37 Å². The summed E-state index contributed by atoms with van der Waals surface area (Å²) in [5, 5.41) is 3.03. The predicted octanol–water partition coefficient (Wildman–Crippen LogP) is 1.87. The number of fused-ring (bicyclic) bond motifs is 1. The number of hydrogen-bond donors (Lipinski definition) is 1. The summed E-state index contributed by atoms with van der Waals surface area (Å²) in [4.78, 5) is 17.0. The molecule has 3 rings (SSSR count). The lowest BCUT2D eigenvalue weighted by Gasteiger charge is -2.08. The minimum absolute atomic E-state index is 0.0675. The van der Waals surface area contributed by atoms with E-state index in [9.17, 15) is 4.39 Å². The third kappa shape index (κ3) is 2.98. The fourth-order valence-corrected chi connectivity index (χ4v) is 2.66. The Morgan fingerprint density at radius 1 is 1.27 bits per heavy atom. The molecule has 0 atom stereocenters. The first-order chi connectivity index (χ1) is 10.7. The SMILES string of the molecule is COc1nc(NCCc2nc(C)c3c(n2)CCC3)ncc1F. The molecule has 7 heteroatoms. The van der Waals surface area contributed by atoms with Crippen LogP contribution in [0.25, 0.3) is 0 Å². The maximum atomic E-state index is 13.2. The van der Waals surface area contributed by atoms with Crippen molar-refractivity contribution in [1.82, 2.24) is 19.9 Å². The average Bonchev–Trinajstić information content (AvgIpc) is 2.98. The summed E-state index contributed by atoms with van der Waals surface area (Å²) in [5.74, 6) is 0.503. The van der Waals surface area contributed by atoms with Crippen LogP contribution in [0.5, 0.6) is 5.88 Å². The molecule has 0 aliphatic heterocycles. The minimum Gasteiger partial charge on any atom is -0.479 e. The van der Waals surface area contributed by atoms with Crippen molar-refractivity contribution in [2.45, 2.75) is 32.6 Å². The van der Waals surface area contributed by atoms with Gasteiger partial charge in [0.1, 0.15) is 5.82 Å². The normalized spacial score (nSPS) is 13.0. The number of nitrogens with zero attached hydrogens (tertiary/aromatic N) is 4. The van der Waals surface area contributed by atoms with Gasteiger partial charge in [0.2, 0.25) is 11.8 Å². The lowest BCUT2D eigenvalue weighted by molar-refractivity contribution is 0.368. The van der Waals surface area contributed by atoms with Gasteiger partial charge in [0, 0.05) is 24.4 Å². The molecule has 2 heterocycles. The summed E-state index contributed by atoms with van der Waals surface area (Å²) < 4.78 is 18.1. The third-order valence-corrected chi connectivity index (χ3v) is 3.72. The number of halogens is 1. The highest BCUT2D eigenvalue weighted by Crippen LogP contribution is 2.22. The molecular weight excluding hydrogens is 285 g/mol. The summed E-state index contributed by atoms with van der Waals surface area (Å²) in [6.07, 6.45) is 5.04. The number of rotatable bonds is 5. The Morgan fingerprint density at radius 2 is 2.14 bits per heavy atom. The van der Waals surface area contributed by atoms with Gasteiger partial charge >= 0.3 is 0 Å². The first-order valence-corrected chi connectivity index (χ1v) is 7.33. The van der Waals surface area contributed by atoms with Crippen molar-refractivity contribution in [2.75, 3.05) is 19.0 Å². The van der Waals surface area contributed by atoms with E-state index in [0.717, 1.165) is 37.0 Å². The van der Waals surface area contributed by atoms with Crippen LogP contribution in [0.3, 0.4) is 0 Å². The second-order valence-electron chi connectivity index (χ2n) is 5.23. The van der Waals surface area contributed by atoms with E-state index < -0.39 is 5.82 Å². The van der Waals surface area contributed by atoms with Crippen molar-refractivity contribution in [3.8, 4) is 5.88 Å². The summed E-state index contributed by atoms with van der Waals surface area (Å²) in [5.41, 5.74) is 3.57. The van der Waals surface area contributed by atoms with Crippen molar-refractivity contribution >= 4 is 5.95 Å². The Labute approximate surface area is 128 Å². The number of hydrogen-bond acceptors (Lipinski definition) is 6. The van der Waals surface area contributed by atoms with Crippen LogP contribution < -0.4 is 10.1 Å². The van der Waals surface area contributed by atoms with E-state index >= 15 is 0 Å². The second kappa shape index (κ2) is 6.21. The fourth-order valence-electron chi connectivity index (χ4n) is 2.66. The molecule has 1 aliphatic rings. The quantitative estimate of drug-likeness (QED) is 0.909. The molecule has 22 heavy (non-hydrogen) atoms. The molecule has 0 radical (unpaired) electrons. The van der Waals surface area contributed by atoms with Gasteiger partial charge in [-0.25, -0.2) is 15.0 Å². The largest absolute Gasteiger partial charge is 0.479 e. The van der Waals surface area contributed by atoms with Crippen molar-refractivity contribution in [3.63, 3.8) is 0 Å². The van der Waals surface area contributed by atoms with E-state index in [-0.39, 0.29) is 5.88 Å². The van der Waals surface area contributed by atoms with Crippen molar-refractivity contribution in [3.05, 3.63) is 34.8 Å². The number of aryl methyl sites for hydroxylation is 2. The van der Waals surface area contributed by atoms with Crippen molar-refractivity contribution < 1.29 is 9.13 Å². The monoisotopic (exact) mass is 303 g/mol. The van der Waals surface area contributed by atoms with Gasteiger partial charge in [-0.15, -0.1) is 0 Å². The maximum absolute atomic E-state index is 13.2. The van der Waals surface area contributed by atoms with Crippen LogP contribution in [0.1, 0.15) is 29.2 Å². The molecule has 0 spiro atoms. The van der Waals surface area contributed by atoms with Crippen molar-refractivity contribution in [2.24, 2.45) is 0 Å². The Balaban J connectivity index is 1.63.